The van der Waals surface area contributed by atoms with E-state index in [-0.39, 0.29) is 16.6 Å². The van der Waals surface area contributed by atoms with E-state index in [4.69, 9.17) is 0 Å². The molecular weight excluding hydrogens is 352 g/mol. The van der Waals surface area contributed by atoms with Crippen molar-refractivity contribution in [3.05, 3.63) is 71.3 Å². The molecule has 136 valence electrons. The minimum Gasteiger partial charge on any atom is -0.355 e. The van der Waals surface area contributed by atoms with E-state index in [1.54, 1.807) is 37.4 Å². The molecule has 1 amide bonds. The van der Waals surface area contributed by atoms with Crippen molar-refractivity contribution in [2.45, 2.75) is 4.90 Å². The predicted molar refractivity (Wildman–Crippen MR) is 101 cm³/mol. The Morgan fingerprint density at radius 2 is 1.46 bits per heavy atom. The number of amides is 1. The average Bonchev–Trinajstić information content (AvgIpc) is 2.65. The average molecular weight is 372 g/mol. The second-order valence-electron chi connectivity index (χ2n) is 5.71. The van der Waals surface area contributed by atoms with Crippen molar-refractivity contribution in [3.8, 4) is 0 Å². The zero-order valence-corrected chi connectivity index (χ0v) is 15.6. The van der Waals surface area contributed by atoms with E-state index in [0.717, 1.165) is 9.87 Å². The van der Waals surface area contributed by atoms with Gasteiger partial charge in [-0.25, -0.2) is 12.7 Å². The smallest absolute Gasteiger partial charge is 0.251 e. The van der Waals surface area contributed by atoms with Crippen LogP contribution in [0.2, 0.25) is 0 Å². The van der Waals surface area contributed by atoms with Crippen molar-refractivity contribution >= 4 is 27.8 Å². The summed E-state index contributed by atoms with van der Waals surface area (Å²) in [4.78, 5) is 23.8. The SMILES string of the molecule is CNC(=O)c1ccc(/C=C/C(=O)c2ccc(S(=O)(=O)N(C)C)cc2)cc1. The van der Waals surface area contributed by atoms with Gasteiger partial charge in [0, 0.05) is 32.3 Å². The molecule has 26 heavy (non-hydrogen) atoms. The Bertz CT molecular complexity index is 929. The van der Waals surface area contributed by atoms with E-state index in [1.807, 2.05) is 0 Å². The van der Waals surface area contributed by atoms with Gasteiger partial charge in [0.05, 0.1) is 4.90 Å². The minimum atomic E-state index is -3.52. The summed E-state index contributed by atoms with van der Waals surface area (Å²) in [5.41, 5.74) is 1.70. The molecule has 6 nitrogen and oxygen atoms in total. The lowest BCUT2D eigenvalue weighted by Crippen LogP contribution is -2.22. The van der Waals surface area contributed by atoms with E-state index in [1.165, 1.54) is 44.4 Å². The van der Waals surface area contributed by atoms with Crippen LogP contribution in [0.3, 0.4) is 0 Å². The van der Waals surface area contributed by atoms with E-state index >= 15 is 0 Å². The van der Waals surface area contributed by atoms with Crippen LogP contribution in [0.5, 0.6) is 0 Å². The van der Waals surface area contributed by atoms with E-state index in [0.29, 0.717) is 11.1 Å². The zero-order chi connectivity index (χ0) is 19.3. The van der Waals surface area contributed by atoms with Crippen LogP contribution < -0.4 is 5.32 Å². The number of hydrogen-bond donors (Lipinski definition) is 1. The van der Waals surface area contributed by atoms with Gasteiger partial charge in [0.2, 0.25) is 10.0 Å². The Hall–Kier alpha value is -2.77. The van der Waals surface area contributed by atoms with Gasteiger partial charge in [-0.05, 0) is 48.0 Å². The lowest BCUT2D eigenvalue weighted by Gasteiger charge is -2.11. The Kier molecular flexibility index (Phi) is 6.07. The third-order valence-electron chi connectivity index (χ3n) is 3.74. The lowest BCUT2D eigenvalue weighted by atomic mass is 10.1. The van der Waals surface area contributed by atoms with Gasteiger partial charge in [0.1, 0.15) is 0 Å². The van der Waals surface area contributed by atoms with Crippen LogP contribution in [0.25, 0.3) is 6.08 Å². The number of carbonyl (C=O) groups is 2. The Labute approximate surface area is 153 Å². The molecule has 0 heterocycles. The molecule has 1 N–H and O–H groups in total. The molecule has 0 aliphatic carbocycles. The second-order valence-corrected chi connectivity index (χ2v) is 7.86. The standard InChI is InChI=1S/C19H20N2O4S/c1-20-19(23)16-7-4-14(5-8-16)6-13-18(22)15-9-11-17(12-10-15)26(24,25)21(2)3/h4-13H,1-3H3,(H,20,23)/b13-6+. The summed E-state index contributed by atoms with van der Waals surface area (Å²) in [6.07, 6.45) is 3.05. The highest BCUT2D eigenvalue weighted by atomic mass is 32.2. The topological polar surface area (TPSA) is 83.5 Å². The van der Waals surface area contributed by atoms with Gasteiger partial charge in [0.15, 0.2) is 5.78 Å². The van der Waals surface area contributed by atoms with Crippen LogP contribution in [-0.4, -0.2) is 45.6 Å². The first-order chi connectivity index (χ1) is 12.3. The maximum Gasteiger partial charge on any atom is 0.251 e. The second kappa shape index (κ2) is 8.07. The quantitative estimate of drug-likeness (QED) is 0.622. The Morgan fingerprint density at radius 1 is 0.923 bits per heavy atom. The monoisotopic (exact) mass is 372 g/mol. The maximum atomic E-state index is 12.2. The highest BCUT2D eigenvalue weighted by molar-refractivity contribution is 7.89. The summed E-state index contributed by atoms with van der Waals surface area (Å²) < 4.78 is 25.2. The lowest BCUT2D eigenvalue weighted by molar-refractivity contribution is 0.0962. The fraction of sp³-hybridized carbons (Fsp3) is 0.158. The van der Waals surface area contributed by atoms with Crippen molar-refractivity contribution in [1.29, 1.82) is 0 Å². The molecule has 2 rings (SSSR count). The molecular formula is C19H20N2O4S. The summed E-state index contributed by atoms with van der Waals surface area (Å²) in [7, 11) is 0.945. The van der Waals surface area contributed by atoms with Gasteiger partial charge in [-0.3, -0.25) is 9.59 Å². The normalized spacial score (nSPS) is 11.7. The fourth-order valence-electron chi connectivity index (χ4n) is 2.16. The molecule has 0 aliphatic heterocycles. The molecule has 2 aromatic carbocycles. The zero-order valence-electron chi connectivity index (χ0n) is 14.8. The predicted octanol–water partition coefficient (Wildman–Crippen LogP) is 2.19. The molecule has 0 radical (unpaired) electrons. The van der Waals surface area contributed by atoms with Gasteiger partial charge >= 0.3 is 0 Å². The number of nitrogens with zero attached hydrogens (tertiary/aromatic N) is 1. The Morgan fingerprint density at radius 3 is 1.96 bits per heavy atom. The number of carbonyl (C=O) groups excluding carboxylic acids is 2. The Balaban J connectivity index is 2.12. The van der Waals surface area contributed by atoms with E-state index in [2.05, 4.69) is 5.32 Å². The van der Waals surface area contributed by atoms with Crippen LogP contribution in [0, 0.1) is 0 Å². The number of ketones is 1. The van der Waals surface area contributed by atoms with E-state index in [9.17, 15) is 18.0 Å². The van der Waals surface area contributed by atoms with Crippen LogP contribution in [-0.2, 0) is 10.0 Å². The number of nitrogens with one attached hydrogen (secondary N) is 1. The summed E-state index contributed by atoms with van der Waals surface area (Å²) in [6.45, 7) is 0. The molecule has 0 saturated heterocycles. The highest BCUT2D eigenvalue weighted by Gasteiger charge is 2.17. The number of allylic oxidation sites excluding steroid dienone is 1. The third-order valence-corrected chi connectivity index (χ3v) is 5.57. The first-order valence-corrected chi connectivity index (χ1v) is 9.27. The van der Waals surface area contributed by atoms with Gasteiger partial charge in [-0.15, -0.1) is 0 Å². The van der Waals surface area contributed by atoms with Crippen molar-refractivity contribution in [3.63, 3.8) is 0 Å². The third kappa shape index (κ3) is 4.44. The fourth-order valence-corrected chi connectivity index (χ4v) is 3.06. The molecule has 0 unspecified atom stereocenters. The first-order valence-electron chi connectivity index (χ1n) is 7.83. The molecule has 0 bridgehead atoms. The molecule has 2 aromatic rings. The van der Waals surface area contributed by atoms with Crippen molar-refractivity contribution in [1.82, 2.24) is 9.62 Å². The van der Waals surface area contributed by atoms with Crippen molar-refractivity contribution in [2.75, 3.05) is 21.1 Å². The van der Waals surface area contributed by atoms with Crippen LogP contribution >= 0.6 is 0 Å². The van der Waals surface area contributed by atoms with Crippen LogP contribution in [0.1, 0.15) is 26.3 Å². The minimum absolute atomic E-state index is 0.132. The summed E-state index contributed by atoms with van der Waals surface area (Å²) >= 11 is 0. The summed E-state index contributed by atoms with van der Waals surface area (Å²) in [6, 6.07) is 12.6. The molecule has 7 heteroatoms. The van der Waals surface area contributed by atoms with Crippen molar-refractivity contribution < 1.29 is 18.0 Å². The van der Waals surface area contributed by atoms with Gasteiger partial charge in [-0.2, -0.15) is 0 Å². The van der Waals surface area contributed by atoms with Crippen LogP contribution in [0.15, 0.2) is 59.5 Å². The molecule has 0 atom stereocenters. The molecule has 0 aromatic heterocycles. The van der Waals surface area contributed by atoms with Gasteiger partial charge < -0.3 is 5.32 Å². The maximum absolute atomic E-state index is 12.2. The first kappa shape index (κ1) is 19.6. The highest BCUT2D eigenvalue weighted by Crippen LogP contribution is 2.15. The molecule has 0 saturated carbocycles. The van der Waals surface area contributed by atoms with E-state index < -0.39 is 10.0 Å². The molecule has 0 spiro atoms. The van der Waals surface area contributed by atoms with Gasteiger partial charge in [0.25, 0.3) is 5.91 Å². The van der Waals surface area contributed by atoms with Crippen molar-refractivity contribution in [2.24, 2.45) is 0 Å². The number of hydrogen-bond acceptors (Lipinski definition) is 4. The summed E-state index contributed by atoms with van der Waals surface area (Å²) in [5.74, 6) is -0.418. The van der Waals surface area contributed by atoms with Gasteiger partial charge in [-0.1, -0.05) is 18.2 Å². The largest absolute Gasteiger partial charge is 0.355 e. The summed E-state index contributed by atoms with van der Waals surface area (Å²) in [5, 5.41) is 2.54. The molecule has 0 aliphatic rings. The van der Waals surface area contributed by atoms with Crippen LogP contribution in [0.4, 0.5) is 0 Å². The number of benzene rings is 2. The number of sulfonamides is 1. The molecule has 0 fully saturated rings. The number of rotatable bonds is 6.